The lowest BCUT2D eigenvalue weighted by Gasteiger charge is -2.15. The van der Waals surface area contributed by atoms with E-state index < -0.39 is 24.3 Å². The van der Waals surface area contributed by atoms with Crippen LogP contribution in [-0.2, 0) is 22.4 Å². The molecule has 0 saturated heterocycles. The molecule has 2 heterocycles. The Labute approximate surface area is 197 Å². The highest BCUT2D eigenvalue weighted by molar-refractivity contribution is 5.98. The number of likely N-dealkylation sites (N-methyl/N-ethyl adjacent to an activating group) is 1. The molecule has 1 aromatic heterocycles. The topological polar surface area (TPSA) is 132 Å². The van der Waals surface area contributed by atoms with Crippen LogP contribution < -0.4 is 10.6 Å². The Morgan fingerprint density at radius 1 is 1.03 bits per heavy atom. The first-order valence-corrected chi connectivity index (χ1v) is 10.2. The molecule has 1 aromatic rings. The van der Waals surface area contributed by atoms with Gasteiger partial charge in [0.15, 0.2) is 0 Å². The number of nitrogens with zero attached hydrogens (tertiary/aromatic N) is 2. The lowest BCUT2D eigenvalue weighted by Crippen LogP contribution is -2.22. The first-order valence-electron chi connectivity index (χ1n) is 10.2. The highest BCUT2D eigenvalue weighted by Crippen LogP contribution is 2.22. The minimum absolute atomic E-state index is 0.0749. The number of alkyl halides is 6. The first-order chi connectivity index (χ1) is 15.9. The molecule has 0 atom stereocenters. The molecule has 1 aliphatic rings. The fourth-order valence-corrected chi connectivity index (χ4v) is 2.49. The number of carbonyl (C=O) groups is 3. The number of carbonyl (C=O) groups excluding carboxylic acids is 1. The summed E-state index contributed by atoms with van der Waals surface area (Å²) >= 11 is 0. The smallest absolute Gasteiger partial charge is 0.475 e. The van der Waals surface area contributed by atoms with Crippen LogP contribution in [0.4, 0.5) is 32.2 Å². The van der Waals surface area contributed by atoms with Crippen LogP contribution in [0.15, 0.2) is 6.07 Å². The Hall–Kier alpha value is -3.10. The quantitative estimate of drug-likeness (QED) is 0.448. The van der Waals surface area contributed by atoms with Gasteiger partial charge in [0.05, 0.1) is 5.56 Å². The molecule has 15 heteroatoms. The molecule has 0 spiro atoms. The zero-order valence-electron chi connectivity index (χ0n) is 19.5. The van der Waals surface area contributed by atoms with Gasteiger partial charge in [-0.25, -0.2) is 14.6 Å². The summed E-state index contributed by atoms with van der Waals surface area (Å²) in [5.41, 5.74) is 2.98. The lowest BCUT2D eigenvalue weighted by molar-refractivity contribution is -0.193. The van der Waals surface area contributed by atoms with Crippen LogP contribution in [0, 0.1) is 5.92 Å². The summed E-state index contributed by atoms with van der Waals surface area (Å²) in [4.78, 5) is 37.0. The van der Waals surface area contributed by atoms with Crippen molar-refractivity contribution < 1.29 is 50.9 Å². The van der Waals surface area contributed by atoms with E-state index in [4.69, 9.17) is 24.8 Å². The molecule has 0 unspecified atom stereocenters. The van der Waals surface area contributed by atoms with Crippen LogP contribution in [0.1, 0.15) is 35.5 Å². The third kappa shape index (κ3) is 12.2. The van der Waals surface area contributed by atoms with Gasteiger partial charge in [-0.1, -0.05) is 13.8 Å². The van der Waals surface area contributed by atoms with Crippen molar-refractivity contribution in [3.8, 4) is 0 Å². The molecule has 9 nitrogen and oxygen atoms in total. The number of pyridine rings is 1. The Bertz CT molecular complexity index is 851. The van der Waals surface area contributed by atoms with E-state index in [-0.39, 0.29) is 5.91 Å². The summed E-state index contributed by atoms with van der Waals surface area (Å²) < 4.78 is 63.5. The summed E-state index contributed by atoms with van der Waals surface area (Å²) in [6, 6.07) is 2.02. The molecule has 0 aliphatic carbocycles. The largest absolute Gasteiger partial charge is 0.490 e. The summed E-state index contributed by atoms with van der Waals surface area (Å²) in [7, 11) is 3.79. The van der Waals surface area contributed by atoms with Crippen molar-refractivity contribution >= 4 is 23.7 Å². The number of nitrogens with one attached hydrogen (secondary N) is 2. The van der Waals surface area contributed by atoms with Gasteiger partial charge in [0.2, 0.25) is 0 Å². The van der Waals surface area contributed by atoms with Crippen molar-refractivity contribution in [3.05, 3.63) is 22.9 Å². The second-order valence-electron chi connectivity index (χ2n) is 7.75. The second-order valence-corrected chi connectivity index (χ2v) is 7.75. The van der Waals surface area contributed by atoms with E-state index >= 15 is 0 Å². The van der Waals surface area contributed by atoms with E-state index in [0.29, 0.717) is 17.3 Å². The van der Waals surface area contributed by atoms with Crippen molar-refractivity contribution in [2.45, 2.75) is 39.0 Å². The van der Waals surface area contributed by atoms with Gasteiger partial charge < -0.3 is 25.7 Å². The highest BCUT2D eigenvalue weighted by atomic mass is 19.4. The first kappa shape index (κ1) is 31.9. The molecular formula is C20H28F6N4O5. The number of carboxylic acids is 2. The van der Waals surface area contributed by atoms with Gasteiger partial charge in [-0.05, 0) is 31.0 Å². The van der Waals surface area contributed by atoms with Gasteiger partial charge in [-0.15, -0.1) is 0 Å². The highest BCUT2D eigenvalue weighted by Gasteiger charge is 2.38. The number of aromatic nitrogens is 1. The number of halogens is 6. The van der Waals surface area contributed by atoms with E-state index in [0.717, 1.165) is 38.2 Å². The molecule has 0 saturated carbocycles. The Kier molecular flexibility index (Phi) is 12.5. The third-order valence-corrected chi connectivity index (χ3v) is 4.32. The van der Waals surface area contributed by atoms with Crippen molar-refractivity contribution in [2.75, 3.05) is 39.0 Å². The number of hydrogen-bond acceptors (Lipinski definition) is 6. The Morgan fingerprint density at radius 2 is 1.49 bits per heavy atom. The van der Waals surface area contributed by atoms with Crippen molar-refractivity contribution in [3.63, 3.8) is 0 Å². The van der Waals surface area contributed by atoms with E-state index in [9.17, 15) is 31.1 Å². The van der Waals surface area contributed by atoms with Gasteiger partial charge in [0.1, 0.15) is 5.82 Å². The van der Waals surface area contributed by atoms with E-state index in [1.807, 2.05) is 6.07 Å². The maximum absolute atomic E-state index is 12.1. The van der Waals surface area contributed by atoms with E-state index in [2.05, 4.69) is 36.4 Å². The van der Waals surface area contributed by atoms with Gasteiger partial charge in [-0.3, -0.25) is 4.79 Å². The molecule has 0 fully saturated rings. The predicted octanol–water partition coefficient (Wildman–Crippen LogP) is 2.81. The third-order valence-electron chi connectivity index (χ3n) is 4.32. The van der Waals surface area contributed by atoms with Gasteiger partial charge >= 0.3 is 24.3 Å². The fraction of sp³-hybridized carbons (Fsp3) is 0.600. The summed E-state index contributed by atoms with van der Waals surface area (Å²) in [6.07, 6.45) is -8.27. The lowest BCUT2D eigenvalue weighted by atomic mass is 10.0. The van der Waals surface area contributed by atoms with Crippen LogP contribution in [0.25, 0.3) is 0 Å². The molecule has 35 heavy (non-hydrogen) atoms. The van der Waals surface area contributed by atoms with Gasteiger partial charge in [0, 0.05) is 38.8 Å². The monoisotopic (exact) mass is 518 g/mol. The van der Waals surface area contributed by atoms with Crippen molar-refractivity contribution in [1.29, 1.82) is 0 Å². The van der Waals surface area contributed by atoms with Crippen LogP contribution in [0.2, 0.25) is 0 Å². The average Bonchev–Trinajstić information content (AvgIpc) is 2.91. The van der Waals surface area contributed by atoms with E-state index in [1.165, 1.54) is 5.56 Å². The standard InChI is InChI=1S/C16H26N4O.2C2HF3O2/c1-11(2)10-18-15-13(16(21)17-3)9-12-5-7-20(4)8-6-14(12)19-15;2*3-2(4,5)1(6)7/h9,11H,5-8,10H2,1-4H3,(H,17,21)(H,18,19);2*(H,6,7). The van der Waals surface area contributed by atoms with Crippen LogP contribution >= 0.6 is 0 Å². The van der Waals surface area contributed by atoms with Crippen LogP contribution in [-0.4, -0.2) is 84.0 Å². The molecule has 0 radical (unpaired) electrons. The number of aliphatic carboxylic acids is 2. The maximum Gasteiger partial charge on any atom is 0.490 e. The average molecular weight is 518 g/mol. The Balaban J connectivity index is 0.000000680. The molecule has 0 aromatic carbocycles. The minimum atomic E-state index is -5.08. The number of anilines is 1. The number of fused-ring (bicyclic) bond motifs is 1. The molecule has 1 aliphatic heterocycles. The van der Waals surface area contributed by atoms with E-state index in [1.54, 1.807) is 7.05 Å². The van der Waals surface area contributed by atoms with Gasteiger partial charge in [-0.2, -0.15) is 26.3 Å². The van der Waals surface area contributed by atoms with Crippen LogP contribution in [0.5, 0.6) is 0 Å². The number of rotatable bonds is 4. The molecule has 4 N–H and O–H groups in total. The Morgan fingerprint density at radius 3 is 1.89 bits per heavy atom. The molecule has 1 amide bonds. The number of carboxylic acid groups (broad SMARTS) is 2. The normalized spacial score (nSPS) is 13.8. The molecule has 200 valence electrons. The molecule has 2 rings (SSSR count). The zero-order chi connectivity index (χ0) is 27.6. The van der Waals surface area contributed by atoms with Crippen LogP contribution in [0.3, 0.4) is 0 Å². The SMILES string of the molecule is CNC(=O)c1cc2c(nc1NCC(C)C)CCN(C)CC2.O=C(O)C(F)(F)F.O=C(O)C(F)(F)F. The van der Waals surface area contributed by atoms with Crippen molar-refractivity contribution in [1.82, 2.24) is 15.2 Å². The molecule has 0 bridgehead atoms. The predicted molar refractivity (Wildman–Crippen MR) is 113 cm³/mol. The fourth-order valence-electron chi connectivity index (χ4n) is 2.49. The summed E-state index contributed by atoms with van der Waals surface area (Å²) in [5.74, 6) is -4.37. The zero-order valence-corrected chi connectivity index (χ0v) is 19.5. The number of hydrogen-bond donors (Lipinski definition) is 4. The minimum Gasteiger partial charge on any atom is -0.475 e. The summed E-state index contributed by atoms with van der Waals surface area (Å²) in [6.45, 7) is 7.13. The summed E-state index contributed by atoms with van der Waals surface area (Å²) in [5, 5.41) is 20.3. The van der Waals surface area contributed by atoms with Crippen molar-refractivity contribution in [2.24, 2.45) is 5.92 Å². The number of amides is 1. The maximum atomic E-state index is 12.1. The second kappa shape index (κ2) is 13.7. The molecular weight excluding hydrogens is 490 g/mol. The van der Waals surface area contributed by atoms with Gasteiger partial charge in [0.25, 0.3) is 5.91 Å².